The first-order valence-corrected chi connectivity index (χ1v) is 8.57. The monoisotopic (exact) mass is 378 g/mol. The van der Waals surface area contributed by atoms with Crippen LogP contribution in [0.15, 0.2) is 41.5 Å². The van der Waals surface area contributed by atoms with Crippen LogP contribution in [0.3, 0.4) is 0 Å². The summed E-state index contributed by atoms with van der Waals surface area (Å²) in [5, 5.41) is 6.84. The molecule has 2 N–H and O–H groups in total. The summed E-state index contributed by atoms with van der Waals surface area (Å²) in [5.74, 6) is 2.37. The summed E-state index contributed by atoms with van der Waals surface area (Å²) < 4.78 is 16.4. The average Bonchev–Trinajstić information content (AvgIpc) is 2.66. The maximum atomic E-state index is 6.00. The van der Waals surface area contributed by atoms with Crippen LogP contribution in [0.5, 0.6) is 17.4 Å². The molecule has 0 atom stereocenters. The van der Waals surface area contributed by atoms with Gasteiger partial charge in [-0.1, -0.05) is 11.6 Å². The first-order chi connectivity index (χ1) is 12.7. The zero-order valence-corrected chi connectivity index (χ0v) is 15.8. The molecular weight excluding hydrogens is 356 g/mol. The van der Waals surface area contributed by atoms with Gasteiger partial charge in [0, 0.05) is 25.0 Å². The van der Waals surface area contributed by atoms with Gasteiger partial charge in [0.05, 0.1) is 20.3 Å². The van der Waals surface area contributed by atoms with Crippen molar-refractivity contribution in [3.05, 3.63) is 41.6 Å². The molecule has 0 saturated heterocycles. The molecule has 1 aromatic heterocycles. The van der Waals surface area contributed by atoms with Crippen molar-refractivity contribution in [2.75, 3.05) is 39.2 Å². The number of benzene rings is 1. The molecule has 0 bridgehead atoms. The van der Waals surface area contributed by atoms with E-state index in [0.717, 1.165) is 5.69 Å². The van der Waals surface area contributed by atoms with Crippen LogP contribution >= 0.6 is 11.6 Å². The van der Waals surface area contributed by atoms with Gasteiger partial charge in [-0.05, 0) is 31.2 Å². The third-order valence-electron chi connectivity index (χ3n) is 3.31. The number of guanidine groups is 1. The molecule has 0 aliphatic carbocycles. The number of rotatable bonds is 8. The van der Waals surface area contributed by atoms with E-state index in [1.165, 1.54) is 0 Å². The molecule has 0 fully saturated rings. The minimum Gasteiger partial charge on any atom is -0.493 e. The predicted molar refractivity (Wildman–Crippen MR) is 104 cm³/mol. The third kappa shape index (κ3) is 5.70. The lowest BCUT2D eigenvalue weighted by Gasteiger charge is -2.15. The zero-order chi connectivity index (χ0) is 18.8. The number of nitrogens with zero attached hydrogens (tertiary/aromatic N) is 2. The standard InChI is InChI=1S/C18H23ClN4O3/c1-4-25-16-12-13(7-8-15(16)24-3)23-18(20-2)22-10-11-26-17-14(19)6-5-9-21-17/h5-9,12H,4,10-11H2,1-3H3,(H2,20,22,23). The third-order valence-corrected chi connectivity index (χ3v) is 3.60. The van der Waals surface area contributed by atoms with Crippen LogP contribution in [0.4, 0.5) is 5.69 Å². The Bertz CT molecular complexity index is 740. The summed E-state index contributed by atoms with van der Waals surface area (Å²) in [7, 11) is 3.30. The summed E-state index contributed by atoms with van der Waals surface area (Å²) in [6.07, 6.45) is 1.63. The quantitative estimate of drug-likeness (QED) is 0.417. The van der Waals surface area contributed by atoms with Crippen LogP contribution in [-0.4, -0.2) is 44.9 Å². The first kappa shape index (κ1) is 19.7. The number of hydrogen-bond acceptors (Lipinski definition) is 5. The Kier molecular flexibility index (Phi) is 7.82. The van der Waals surface area contributed by atoms with Gasteiger partial charge in [0.1, 0.15) is 11.6 Å². The van der Waals surface area contributed by atoms with E-state index >= 15 is 0 Å². The van der Waals surface area contributed by atoms with Gasteiger partial charge in [0.25, 0.3) is 0 Å². The van der Waals surface area contributed by atoms with E-state index in [4.69, 9.17) is 25.8 Å². The van der Waals surface area contributed by atoms with Crippen molar-refractivity contribution >= 4 is 23.2 Å². The molecule has 26 heavy (non-hydrogen) atoms. The van der Waals surface area contributed by atoms with Crippen LogP contribution in [-0.2, 0) is 0 Å². The van der Waals surface area contributed by atoms with E-state index in [2.05, 4.69) is 20.6 Å². The lowest BCUT2D eigenvalue weighted by atomic mass is 10.2. The second-order valence-corrected chi connectivity index (χ2v) is 5.47. The summed E-state index contributed by atoms with van der Waals surface area (Å²) in [6.45, 7) is 3.40. The molecule has 0 radical (unpaired) electrons. The predicted octanol–water partition coefficient (Wildman–Crippen LogP) is 3.21. The fourth-order valence-electron chi connectivity index (χ4n) is 2.13. The maximum absolute atomic E-state index is 6.00. The van der Waals surface area contributed by atoms with Crippen molar-refractivity contribution in [2.24, 2.45) is 4.99 Å². The van der Waals surface area contributed by atoms with Gasteiger partial charge in [-0.3, -0.25) is 4.99 Å². The Morgan fingerprint density at radius 3 is 2.77 bits per heavy atom. The second-order valence-electron chi connectivity index (χ2n) is 5.06. The highest BCUT2D eigenvalue weighted by atomic mass is 35.5. The second kappa shape index (κ2) is 10.4. The van der Waals surface area contributed by atoms with Gasteiger partial charge in [0.2, 0.25) is 5.88 Å². The van der Waals surface area contributed by atoms with E-state index in [-0.39, 0.29) is 0 Å². The lowest BCUT2D eigenvalue weighted by Crippen LogP contribution is -2.33. The molecule has 0 saturated carbocycles. The number of nitrogens with one attached hydrogen (secondary N) is 2. The van der Waals surface area contributed by atoms with Crippen LogP contribution in [0.25, 0.3) is 0 Å². The van der Waals surface area contributed by atoms with Crippen molar-refractivity contribution in [2.45, 2.75) is 6.92 Å². The normalized spacial score (nSPS) is 11.0. The smallest absolute Gasteiger partial charge is 0.232 e. The molecule has 0 spiro atoms. The number of aromatic nitrogens is 1. The van der Waals surface area contributed by atoms with E-state index < -0.39 is 0 Å². The fourth-order valence-corrected chi connectivity index (χ4v) is 2.31. The van der Waals surface area contributed by atoms with Crippen LogP contribution in [0.1, 0.15) is 6.92 Å². The van der Waals surface area contributed by atoms with Gasteiger partial charge < -0.3 is 24.8 Å². The van der Waals surface area contributed by atoms with Gasteiger partial charge in [0.15, 0.2) is 17.5 Å². The van der Waals surface area contributed by atoms with Crippen LogP contribution < -0.4 is 24.8 Å². The SMILES string of the molecule is CCOc1cc(NC(=NC)NCCOc2ncccc2Cl)ccc1OC. The minimum atomic E-state index is 0.393. The topological polar surface area (TPSA) is 77.0 Å². The molecule has 2 aromatic rings. The molecular formula is C18H23ClN4O3. The molecule has 7 nitrogen and oxygen atoms in total. The molecule has 140 valence electrons. The Balaban J connectivity index is 1.87. The number of methoxy groups -OCH3 is 1. The molecule has 8 heteroatoms. The van der Waals surface area contributed by atoms with Gasteiger partial charge in [-0.2, -0.15) is 0 Å². The van der Waals surface area contributed by atoms with Gasteiger partial charge in [-0.15, -0.1) is 0 Å². The number of pyridine rings is 1. The Labute approximate surface area is 158 Å². The molecule has 2 rings (SSSR count). The van der Waals surface area contributed by atoms with E-state index in [1.807, 2.05) is 25.1 Å². The summed E-state index contributed by atoms with van der Waals surface area (Å²) in [5.41, 5.74) is 0.830. The van der Waals surface area contributed by atoms with Crippen LogP contribution in [0, 0.1) is 0 Å². The van der Waals surface area contributed by atoms with Crippen molar-refractivity contribution in [3.63, 3.8) is 0 Å². The van der Waals surface area contributed by atoms with Crippen molar-refractivity contribution < 1.29 is 14.2 Å². The molecule has 0 aliphatic rings. The van der Waals surface area contributed by atoms with E-state index in [1.54, 1.807) is 32.5 Å². The Hall–Kier alpha value is -2.67. The van der Waals surface area contributed by atoms with Gasteiger partial charge >= 0.3 is 0 Å². The average molecular weight is 379 g/mol. The van der Waals surface area contributed by atoms with Gasteiger partial charge in [-0.25, -0.2) is 4.98 Å². The molecule has 1 heterocycles. The Morgan fingerprint density at radius 2 is 2.08 bits per heavy atom. The highest BCUT2D eigenvalue weighted by Gasteiger charge is 2.07. The van der Waals surface area contributed by atoms with E-state index in [0.29, 0.717) is 48.1 Å². The number of halogens is 1. The number of anilines is 1. The highest BCUT2D eigenvalue weighted by molar-refractivity contribution is 6.31. The first-order valence-electron chi connectivity index (χ1n) is 8.19. The summed E-state index contributed by atoms with van der Waals surface area (Å²) >= 11 is 6.00. The van der Waals surface area contributed by atoms with Crippen molar-refractivity contribution in [1.29, 1.82) is 0 Å². The molecule has 0 aliphatic heterocycles. The molecule has 0 unspecified atom stereocenters. The Morgan fingerprint density at radius 1 is 1.23 bits per heavy atom. The lowest BCUT2D eigenvalue weighted by molar-refractivity contribution is 0.310. The number of ether oxygens (including phenoxy) is 3. The highest BCUT2D eigenvalue weighted by Crippen LogP contribution is 2.30. The molecule has 1 aromatic carbocycles. The largest absolute Gasteiger partial charge is 0.493 e. The number of aliphatic imine (C=N–C) groups is 1. The number of hydrogen-bond donors (Lipinski definition) is 2. The van der Waals surface area contributed by atoms with E-state index in [9.17, 15) is 0 Å². The van der Waals surface area contributed by atoms with Crippen molar-refractivity contribution in [3.8, 4) is 17.4 Å². The molecule has 0 amide bonds. The summed E-state index contributed by atoms with van der Waals surface area (Å²) in [6, 6.07) is 9.08. The van der Waals surface area contributed by atoms with Crippen molar-refractivity contribution in [1.82, 2.24) is 10.3 Å². The fraction of sp³-hybridized carbons (Fsp3) is 0.333. The zero-order valence-electron chi connectivity index (χ0n) is 15.1. The van der Waals surface area contributed by atoms with Crippen LogP contribution in [0.2, 0.25) is 5.02 Å². The summed E-state index contributed by atoms with van der Waals surface area (Å²) in [4.78, 5) is 8.26. The maximum Gasteiger partial charge on any atom is 0.232 e. The minimum absolute atomic E-state index is 0.393.